The molecule has 1 saturated carbocycles. The number of hydrogen-bond acceptors (Lipinski definition) is 7. The van der Waals surface area contributed by atoms with E-state index in [9.17, 15) is 9.18 Å². The van der Waals surface area contributed by atoms with Crippen molar-refractivity contribution < 1.29 is 9.18 Å². The lowest BCUT2D eigenvalue weighted by Crippen LogP contribution is -2.70. The second-order valence-corrected chi connectivity index (χ2v) is 10.9. The number of hydrogen-bond donors (Lipinski definition) is 4. The molecule has 1 aromatic carbocycles. The first-order valence-electron chi connectivity index (χ1n) is 12.1. The number of nitrogens with zero attached hydrogens (tertiary/aromatic N) is 4. The predicted molar refractivity (Wildman–Crippen MR) is 127 cm³/mol. The van der Waals surface area contributed by atoms with Gasteiger partial charge in [0.15, 0.2) is 0 Å². The molecule has 3 aliphatic heterocycles. The fraction of sp³-hybridized carbons (Fsp3) is 0.652. The maximum absolute atomic E-state index is 14.0. The molecule has 4 heterocycles. The first-order valence-corrected chi connectivity index (χ1v) is 12.4. The number of carbonyl (C=O) groups excluding carboxylic acids is 1. The average molecular weight is 491 g/mol. The number of piperidine rings is 1. The first-order chi connectivity index (χ1) is 16.3. The Morgan fingerprint density at radius 2 is 2.00 bits per heavy atom. The number of aryl methyl sites for hydroxylation is 1. The zero-order chi connectivity index (χ0) is 23.8. The van der Waals surface area contributed by atoms with E-state index in [1.54, 1.807) is 9.58 Å². The van der Waals surface area contributed by atoms with Crippen LogP contribution in [0.4, 0.5) is 4.39 Å². The molecule has 6 atom stereocenters. The number of nitrogens with one attached hydrogen (secondary N) is 3. The maximum atomic E-state index is 14.0. The van der Waals surface area contributed by atoms with Gasteiger partial charge in [-0.3, -0.25) is 19.7 Å². The molecule has 5 N–H and O–H groups in total. The third kappa shape index (κ3) is 3.38. The summed E-state index contributed by atoms with van der Waals surface area (Å²) in [7, 11) is 3.71. The summed E-state index contributed by atoms with van der Waals surface area (Å²) in [6.45, 7) is 1.57. The number of halogens is 2. The number of nitrogens with two attached hydrogens (primary N) is 1. The van der Waals surface area contributed by atoms with Gasteiger partial charge in [0.25, 0.3) is 0 Å². The van der Waals surface area contributed by atoms with Crippen LogP contribution in [0.1, 0.15) is 37.3 Å². The van der Waals surface area contributed by atoms with Crippen molar-refractivity contribution in [3.8, 4) is 0 Å². The minimum atomic E-state index is -0.789. The van der Waals surface area contributed by atoms with Crippen molar-refractivity contribution in [1.82, 2.24) is 35.7 Å². The number of likely N-dealkylation sites (tertiary alicyclic amines) is 1. The van der Waals surface area contributed by atoms with Crippen molar-refractivity contribution in [2.24, 2.45) is 24.1 Å². The van der Waals surface area contributed by atoms with Crippen molar-refractivity contribution in [3.05, 3.63) is 28.9 Å². The first kappa shape index (κ1) is 22.6. The quantitative estimate of drug-likeness (QED) is 0.501. The number of carbonyl (C=O) groups is 1. The molecular weight excluding hydrogens is 459 g/mol. The molecule has 11 heteroatoms. The Balaban J connectivity index is 1.20. The summed E-state index contributed by atoms with van der Waals surface area (Å²) in [4.78, 5) is 17.7. The molecule has 3 saturated heterocycles. The third-order valence-corrected chi connectivity index (χ3v) is 9.03. The number of hydrazine groups is 1. The fourth-order valence-electron chi connectivity index (χ4n) is 6.66. The van der Waals surface area contributed by atoms with Gasteiger partial charge in [-0.05, 0) is 42.7 Å². The van der Waals surface area contributed by atoms with Crippen LogP contribution in [-0.4, -0.2) is 70.3 Å². The average Bonchev–Trinajstić information content (AvgIpc) is 3.47. The van der Waals surface area contributed by atoms with Gasteiger partial charge in [-0.2, -0.15) is 5.10 Å². The molecule has 184 valence electrons. The lowest BCUT2D eigenvalue weighted by molar-refractivity contribution is -0.151. The Labute approximate surface area is 203 Å². The molecule has 6 rings (SSSR count). The van der Waals surface area contributed by atoms with Gasteiger partial charge in [-0.1, -0.05) is 17.7 Å². The second kappa shape index (κ2) is 8.11. The van der Waals surface area contributed by atoms with E-state index in [-0.39, 0.29) is 41.8 Å². The summed E-state index contributed by atoms with van der Waals surface area (Å²) >= 11 is 6.77. The normalized spacial score (nSPS) is 36.0. The van der Waals surface area contributed by atoms with Crippen molar-refractivity contribution in [2.75, 3.05) is 20.1 Å². The van der Waals surface area contributed by atoms with E-state index in [1.807, 2.05) is 32.4 Å². The van der Waals surface area contributed by atoms with E-state index >= 15 is 0 Å². The molecule has 1 amide bonds. The van der Waals surface area contributed by atoms with Gasteiger partial charge in [0.2, 0.25) is 5.91 Å². The molecule has 2 aromatic rings. The molecular formula is C23H32ClFN8O. The summed E-state index contributed by atoms with van der Waals surface area (Å²) in [6, 6.07) is 3.55. The highest BCUT2D eigenvalue weighted by Gasteiger charge is 2.52. The van der Waals surface area contributed by atoms with Crippen LogP contribution in [0.2, 0.25) is 5.02 Å². The van der Waals surface area contributed by atoms with E-state index in [0.29, 0.717) is 17.9 Å². The molecule has 0 bridgehead atoms. The van der Waals surface area contributed by atoms with Crippen LogP contribution in [0, 0.1) is 11.3 Å². The molecule has 34 heavy (non-hydrogen) atoms. The van der Waals surface area contributed by atoms with E-state index in [1.165, 1.54) is 0 Å². The molecule has 4 fully saturated rings. The Hall–Kier alpha value is -1.82. The van der Waals surface area contributed by atoms with E-state index in [4.69, 9.17) is 17.3 Å². The van der Waals surface area contributed by atoms with Crippen LogP contribution in [0.3, 0.4) is 0 Å². The lowest BCUT2D eigenvalue weighted by atomic mass is 9.74. The zero-order valence-electron chi connectivity index (χ0n) is 19.5. The van der Waals surface area contributed by atoms with Crippen molar-refractivity contribution >= 4 is 28.4 Å². The highest BCUT2D eigenvalue weighted by Crippen LogP contribution is 2.47. The number of aromatic nitrogens is 2. The van der Waals surface area contributed by atoms with Crippen LogP contribution in [0.25, 0.3) is 10.9 Å². The van der Waals surface area contributed by atoms with Crippen LogP contribution < -0.4 is 21.9 Å². The van der Waals surface area contributed by atoms with Gasteiger partial charge in [-0.25, -0.2) is 15.2 Å². The second-order valence-electron chi connectivity index (χ2n) is 10.5. The minimum Gasteiger partial charge on any atom is -0.327 e. The number of benzene rings is 1. The SMILES string of the molecule is CN1C(=O)C2C(NNC2c2ccc3nn(C)cc3c2Cl)NC1N1CCC2(CC1)C[C@@H](F)C[C@H]2N. The zero-order valence-corrected chi connectivity index (χ0v) is 20.2. The van der Waals surface area contributed by atoms with Crippen LogP contribution in [0.15, 0.2) is 18.3 Å². The topological polar surface area (TPSA) is 103 Å². The number of fused-ring (bicyclic) bond motifs is 2. The molecule has 4 aliphatic rings. The molecule has 1 aromatic heterocycles. The number of rotatable bonds is 2. The van der Waals surface area contributed by atoms with Gasteiger partial charge in [0, 0.05) is 44.8 Å². The van der Waals surface area contributed by atoms with Crippen LogP contribution in [-0.2, 0) is 11.8 Å². The van der Waals surface area contributed by atoms with E-state index < -0.39 is 6.17 Å². The molecule has 4 unspecified atom stereocenters. The lowest BCUT2D eigenvalue weighted by Gasteiger charge is -2.50. The highest BCUT2D eigenvalue weighted by atomic mass is 35.5. The van der Waals surface area contributed by atoms with Gasteiger partial charge in [-0.15, -0.1) is 0 Å². The molecule has 0 radical (unpaired) electrons. The predicted octanol–water partition coefficient (Wildman–Crippen LogP) is 1.20. The monoisotopic (exact) mass is 490 g/mol. The summed E-state index contributed by atoms with van der Waals surface area (Å²) in [6.07, 6.45) is 3.39. The Morgan fingerprint density at radius 1 is 1.24 bits per heavy atom. The van der Waals surface area contributed by atoms with E-state index in [2.05, 4.69) is 26.2 Å². The fourth-order valence-corrected chi connectivity index (χ4v) is 6.98. The maximum Gasteiger partial charge on any atom is 0.232 e. The largest absolute Gasteiger partial charge is 0.327 e. The molecule has 1 aliphatic carbocycles. The van der Waals surface area contributed by atoms with Crippen LogP contribution in [0.5, 0.6) is 0 Å². The van der Waals surface area contributed by atoms with E-state index in [0.717, 1.165) is 42.4 Å². The van der Waals surface area contributed by atoms with Crippen LogP contribution >= 0.6 is 11.6 Å². The Kier molecular flexibility index (Phi) is 5.40. The molecule has 9 nitrogen and oxygen atoms in total. The summed E-state index contributed by atoms with van der Waals surface area (Å²) < 4.78 is 15.8. The summed E-state index contributed by atoms with van der Waals surface area (Å²) in [5, 5.41) is 9.53. The molecule has 1 spiro atoms. The third-order valence-electron chi connectivity index (χ3n) is 8.61. The van der Waals surface area contributed by atoms with Gasteiger partial charge in [0.1, 0.15) is 12.5 Å². The number of alkyl halides is 1. The van der Waals surface area contributed by atoms with Crippen molar-refractivity contribution in [1.29, 1.82) is 0 Å². The van der Waals surface area contributed by atoms with Gasteiger partial charge >= 0.3 is 0 Å². The highest BCUT2D eigenvalue weighted by molar-refractivity contribution is 6.36. The van der Waals surface area contributed by atoms with Crippen molar-refractivity contribution in [3.63, 3.8) is 0 Å². The summed E-state index contributed by atoms with van der Waals surface area (Å²) in [5.41, 5.74) is 14.5. The standard InChI is InChI=1S/C23H32ClFN8O/c1-31-11-14-15(30-31)4-3-13(18(14)24)19-17-20(29-28-19)27-22(32(2)21(17)34)33-7-5-23(6-8-33)10-12(25)9-16(23)26/h3-4,11-12,16-17,19-20,22,27-29H,5-10,26H2,1-2H3/t12-,16+,17?,19?,20?,22?/m0/s1. The van der Waals surface area contributed by atoms with Gasteiger partial charge in [0.05, 0.1) is 28.7 Å². The van der Waals surface area contributed by atoms with Crippen molar-refractivity contribution in [2.45, 2.75) is 56.4 Å². The van der Waals surface area contributed by atoms with Gasteiger partial charge < -0.3 is 10.6 Å². The smallest absolute Gasteiger partial charge is 0.232 e. The minimum absolute atomic E-state index is 0.0558. The number of amides is 1. The Morgan fingerprint density at radius 3 is 2.71 bits per heavy atom. The Bertz CT molecular complexity index is 1120. The summed E-state index contributed by atoms with van der Waals surface area (Å²) in [5.74, 6) is -0.292.